The second-order valence-corrected chi connectivity index (χ2v) is 7.04. The van der Waals surface area contributed by atoms with E-state index in [1.54, 1.807) is 12.1 Å². The molecule has 2 N–H and O–H groups in total. The Bertz CT molecular complexity index is 541. The van der Waals surface area contributed by atoms with E-state index in [1.165, 1.54) is 19.1 Å². The van der Waals surface area contributed by atoms with E-state index in [4.69, 9.17) is 11.6 Å². The number of hydrogen-bond acceptors (Lipinski definition) is 3. The first-order valence-corrected chi connectivity index (χ1v) is 8.24. The molecule has 1 amide bonds. The molecule has 1 unspecified atom stereocenters. The van der Waals surface area contributed by atoms with Crippen molar-refractivity contribution in [3.8, 4) is 0 Å². The zero-order chi connectivity index (χ0) is 15.2. The van der Waals surface area contributed by atoms with E-state index in [-0.39, 0.29) is 16.2 Å². The van der Waals surface area contributed by atoms with Crippen molar-refractivity contribution in [2.75, 3.05) is 11.9 Å². The maximum atomic E-state index is 12.0. The van der Waals surface area contributed by atoms with Gasteiger partial charge in [0.05, 0.1) is 4.90 Å². The Hall–Kier alpha value is -1.11. The average molecular weight is 319 g/mol. The van der Waals surface area contributed by atoms with Gasteiger partial charge in [0.15, 0.2) is 0 Å². The van der Waals surface area contributed by atoms with E-state index in [0.717, 1.165) is 6.42 Å². The maximum absolute atomic E-state index is 12.0. The van der Waals surface area contributed by atoms with Gasteiger partial charge in [0, 0.05) is 24.5 Å². The number of anilines is 1. The lowest BCUT2D eigenvalue weighted by Gasteiger charge is -2.08. The van der Waals surface area contributed by atoms with Crippen molar-refractivity contribution in [1.82, 2.24) is 4.72 Å². The van der Waals surface area contributed by atoms with Crippen LogP contribution in [0.5, 0.6) is 0 Å². The van der Waals surface area contributed by atoms with Gasteiger partial charge in [0.1, 0.15) is 0 Å². The molecular formula is C13H19ClN2O3S. The van der Waals surface area contributed by atoms with Crippen molar-refractivity contribution in [3.63, 3.8) is 0 Å². The van der Waals surface area contributed by atoms with Gasteiger partial charge in [0.25, 0.3) is 0 Å². The predicted molar refractivity (Wildman–Crippen MR) is 80.5 cm³/mol. The van der Waals surface area contributed by atoms with Crippen LogP contribution in [-0.4, -0.2) is 26.2 Å². The highest BCUT2D eigenvalue weighted by Crippen LogP contribution is 2.14. The highest BCUT2D eigenvalue weighted by molar-refractivity contribution is 7.89. The average Bonchev–Trinajstić information content (AvgIpc) is 2.34. The zero-order valence-electron chi connectivity index (χ0n) is 11.5. The fourth-order valence-corrected chi connectivity index (χ4v) is 2.82. The highest BCUT2D eigenvalue weighted by atomic mass is 35.5. The minimum Gasteiger partial charge on any atom is -0.326 e. The largest absolute Gasteiger partial charge is 0.326 e. The Morgan fingerprint density at radius 1 is 1.30 bits per heavy atom. The lowest BCUT2D eigenvalue weighted by Crippen LogP contribution is -2.25. The molecule has 0 spiro atoms. The van der Waals surface area contributed by atoms with Gasteiger partial charge in [-0.3, -0.25) is 4.79 Å². The summed E-state index contributed by atoms with van der Waals surface area (Å²) in [6.45, 7) is 3.62. The molecule has 0 heterocycles. The van der Waals surface area contributed by atoms with E-state index in [1.807, 2.05) is 6.92 Å². The maximum Gasteiger partial charge on any atom is 0.240 e. The molecular weight excluding hydrogens is 300 g/mol. The summed E-state index contributed by atoms with van der Waals surface area (Å²) in [5.41, 5.74) is 0.562. The molecule has 0 saturated carbocycles. The first-order chi connectivity index (χ1) is 9.31. The summed E-state index contributed by atoms with van der Waals surface area (Å²) in [5.74, 6) is -0.200. The molecule has 1 aromatic rings. The second kappa shape index (κ2) is 7.61. The van der Waals surface area contributed by atoms with Gasteiger partial charge in [-0.2, -0.15) is 0 Å². The number of nitrogens with one attached hydrogen (secondary N) is 2. The normalized spacial score (nSPS) is 12.9. The lowest BCUT2D eigenvalue weighted by molar-refractivity contribution is -0.114. The van der Waals surface area contributed by atoms with Gasteiger partial charge in [-0.1, -0.05) is 0 Å². The molecule has 0 saturated heterocycles. The summed E-state index contributed by atoms with van der Waals surface area (Å²) < 4.78 is 26.5. The molecule has 0 aliphatic carbocycles. The fraction of sp³-hybridized carbons (Fsp3) is 0.462. The van der Waals surface area contributed by atoms with Crippen molar-refractivity contribution in [2.45, 2.75) is 37.0 Å². The van der Waals surface area contributed by atoms with Gasteiger partial charge in [0.2, 0.25) is 15.9 Å². The quantitative estimate of drug-likeness (QED) is 0.598. The molecule has 0 radical (unpaired) electrons. The summed E-state index contributed by atoms with van der Waals surface area (Å²) in [4.78, 5) is 11.0. The molecule has 1 rings (SSSR count). The molecule has 0 aliphatic heterocycles. The smallest absolute Gasteiger partial charge is 0.240 e. The van der Waals surface area contributed by atoms with Crippen molar-refractivity contribution < 1.29 is 13.2 Å². The van der Waals surface area contributed by atoms with Gasteiger partial charge in [-0.15, -0.1) is 11.6 Å². The number of carbonyl (C=O) groups excluding carboxylic acids is 1. The van der Waals surface area contributed by atoms with E-state index >= 15 is 0 Å². The van der Waals surface area contributed by atoms with Crippen LogP contribution in [0.25, 0.3) is 0 Å². The summed E-state index contributed by atoms with van der Waals surface area (Å²) in [5, 5.41) is 2.62. The SMILES string of the molecule is CC(=O)Nc1ccc(S(=O)(=O)NCCCC(C)Cl)cc1. The first-order valence-electron chi connectivity index (χ1n) is 6.32. The molecule has 1 aromatic carbocycles. The van der Waals surface area contributed by atoms with E-state index in [2.05, 4.69) is 10.0 Å². The summed E-state index contributed by atoms with van der Waals surface area (Å²) in [6, 6.07) is 6.02. The van der Waals surface area contributed by atoms with Crippen LogP contribution >= 0.6 is 11.6 Å². The standard InChI is InChI=1S/C13H19ClN2O3S/c1-10(14)4-3-9-15-20(18,19)13-7-5-12(6-8-13)16-11(2)17/h5-8,10,15H,3-4,9H2,1-2H3,(H,16,17). The molecule has 0 aliphatic rings. The van der Waals surface area contributed by atoms with Gasteiger partial charge < -0.3 is 5.32 Å². The topological polar surface area (TPSA) is 75.3 Å². The fourth-order valence-electron chi connectivity index (χ4n) is 1.59. The Morgan fingerprint density at radius 2 is 1.90 bits per heavy atom. The summed E-state index contributed by atoms with van der Waals surface area (Å²) >= 11 is 5.79. The number of rotatable bonds is 7. The number of alkyl halides is 1. The van der Waals surface area contributed by atoms with Crippen molar-refractivity contribution in [1.29, 1.82) is 0 Å². The van der Waals surface area contributed by atoms with E-state index in [9.17, 15) is 13.2 Å². The molecule has 0 fully saturated rings. The number of sulfonamides is 1. The van der Waals surface area contributed by atoms with E-state index in [0.29, 0.717) is 18.7 Å². The predicted octanol–water partition coefficient (Wildman–Crippen LogP) is 2.33. The summed E-state index contributed by atoms with van der Waals surface area (Å²) in [6.07, 6.45) is 1.44. The van der Waals surface area contributed by atoms with Gasteiger partial charge in [-0.25, -0.2) is 13.1 Å². The lowest BCUT2D eigenvalue weighted by atomic mass is 10.2. The molecule has 112 valence electrons. The minimum atomic E-state index is -3.51. The van der Waals surface area contributed by atoms with Crippen molar-refractivity contribution >= 4 is 33.2 Å². The third-order valence-corrected chi connectivity index (χ3v) is 4.25. The van der Waals surface area contributed by atoms with Gasteiger partial charge in [-0.05, 0) is 44.0 Å². The van der Waals surface area contributed by atoms with Crippen LogP contribution in [0.2, 0.25) is 0 Å². The Balaban J connectivity index is 2.61. The third kappa shape index (κ3) is 5.90. The summed E-state index contributed by atoms with van der Waals surface area (Å²) in [7, 11) is -3.51. The molecule has 0 aromatic heterocycles. The van der Waals surface area contributed by atoms with Crippen LogP contribution in [0.1, 0.15) is 26.7 Å². The van der Waals surface area contributed by atoms with Crippen molar-refractivity contribution in [2.24, 2.45) is 0 Å². The van der Waals surface area contributed by atoms with Crippen LogP contribution in [0, 0.1) is 0 Å². The Kier molecular flexibility index (Phi) is 6.45. The molecule has 0 bridgehead atoms. The molecule has 7 heteroatoms. The third-order valence-electron chi connectivity index (χ3n) is 2.56. The van der Waals surface area contributed by atoms with E-state index < -0.39 is 10.0 Å². The zero-order valence-corrected chi connectivity index (χ0v) is 13.1. The van der Waals surface area contributed by atoms with Crippen LogP contribution in [0.4, 0.5) is 5.69 Å². The monoisotopic (exact) mass is 318 g/mol. The van der Waals surface area contributed by atoms with Crippen LogP contribution in [-0.2, 0) is 14.8 Å². The molecule has 5 nitrogen and oxygen atoms in total. The number of hydrogen-bond donors (Lipinski definition) is 2. The number of halogens is 1. The molecule has 1 atom stereocenters. The number of benzene rings is 1. The van der Waals surface area contributed by atoms with Crippen molar-refractivity contribution in [3.05, 3.63) is 24.3 Å². The first kappa shape index (κ1) is 16.9. The highest BCUT2D eigenvalue weighted by Gasteiger charge is 2.13. The Labute approximate surface area is 124 Å². The Morgan fingerprint density at radius 3 is 2.40 bits per heavy atom. The van der Waals surface area contributed by atoms with Crippen LogP contribution in [0.3, 0.4) is 0 Å². The van der Waals surface area contributed by atoms with Crippen LogP contribution in [0.15, 0.2) is 29.2 Å². The van der Waals surface area contributed by atoms with Crippen LogP contribution < -0.4 is 10.0 Å². The minimum absolute atomic E-state index is 0.0384. The van der Waals surface area contributed by atoms with Gasteiger partial charge >= 0.3 is 0 Å². The second-order valence-electron chi connectivity index (χ2n) is 4.53. The number of amides is 1. The number of carbonyl (C=O) groups is 1. The molecule has 20 heavy (non-hydrogen) atoms.